The minimum atomic E-state index is 0.224. The van der Waals surface area contributed by atoms with E-state index >= 15 is 0 Å². The van der Waals surface area contributed by atoms with Crippen molar-refractivity contribution in [2.45, 2.75) is 45.4 Å². The van der Waals surface area contributed by atoms with Crippen molar-refractivity contribution in [3.05, 3.63) is 0 Å². The third kappa shape index (κ3) is 11.4. The van der Waals surface area contributed by atoms with Crippen molar-refractivity contribution in [1.29, 1.82) is 0 Å². The lowest BCUT2D eigenvalue weighted by atomic mass is 10.1. The van der Waals surface area contributed by atoms with E-state index in [-0.39, 0.29) is 5.11 Å². The molecule has 0 aliphatic rings. The Morgan fingerprint density at radius 2 is 2.08 bits per heavy atom. The maximum absolute atomic E-state index is 5.18. The van der Waals surface area contributed by atoms with Crippen molar-refractivity contribution in [3.8, 4) is 0 Å². The third-order valence-electron chi connectivity index (χ3n) is 1.70. The zero-order chi connectivity index (χ0) is 9.94. The minimum absolute atomic E-state index is 0.224. The molecular weight excluding hydrogens is 182 g/mol. The average molecular weight is 201 g/mol. The first-order valence-electron chi connectivity index (χ1n) is 4.84. The molecule has 0 aromatic rings. The number of nitrogens with zero attached hydrogens (tertiary/aromatic N) is 1. The van der Waals surface area contributed by atoms with Crippen LogP contribution >= 0.6 is 12.2 Å². The van der Waals surface area contributed by atoms with Crippen LogP contribution in [0.25, 0.3) is 0 Å². The highest BCUT2D eigenvalue weighted by Crippen LogP contribution is 2.03. The van der Waals surface area contributed by atoms with Crippen LogP contribution in [0.15, 0.2) is 5.10 Å². The van der Waals surface area contributed by atoms with Gasteiger partial charge in [0.1, 0.15) is 0 Å². The fraction of sp³-hybridized carbons (Fsp3) is 0.778. The summed E-state index contributed by atoms with van der Waals surface area (Å²) in [6, 6.07) is 0. The predicted octanol–water partition coefficient (Wildman–Crippen LogP) is 2.17. The topological polar surface area (TPSA) is 50.4 Å². The van der Waals surface area contributed by atoms with Crippen LogP contribution in [0.1, 0.15) is 45.4 Å². The van der Waals surface area contributed by atoms with Crippen LogP contribution in [0.4, 0.5) is 0 Å². The molecule has 76 valence electrons. The summed E-state index contributed by atoms with van der Waals surface area (Å²) in [5, 5.41) is 4.07. The van der Waals surface area contributed by atoms with Gasteiger partial charge in [-0.1, -0.05) is 32.6 Å². The average Bonchev–Trinajstić information content (AvgIpc) is 2.09. The predicted molar refractivity (Wildman–Crippen MR) is 61.8 cm³/mol. The van der Waals surface area contributed by atoms with Crippen LogP contribution in [-0.2, 0) is 0 Å². The molecule has 0 aliphatic heterocycles. The number of hydrazone groups is 1. The standard InChI is InChI=1S/C9H19N3S/c1-2-3-4-5-6-7-8-11-12-9(10)13/h8H,2-7H2,1H3,(H3,10,12,13)/b11-8-. The van der Waals surface area contributed by atoms with Gasteiger partial charge >= 0.3 is 0 Å². The monoisotopic (exact) mass is 201 g/mol. The van der Waals surface area contributed by atoms with Gasteiger partial charge < -0.3 is 5.73 Å². The summed E-state index contributed by atoms with van der Waals surface area (Å²) in [5.74, 6) is 0. The van der Waals surface area contributed by atoms with E-state index in [1.807, 2.05) is 6.21 Å². The van der Waals surface area contributed by atoms with Crippen LogP contribution in [0.3, 0.4) is 0 Å². The fourth-order valence-corrected chi connectivity index (χ4v) is 1.07. The molecular formula is C9H19N3S. The molecule has 0 saturated heterocycles. The molecule has 0 atom stereocenters. The molecule has 0 saturated carbocycles. The van der Waals surface area contributed by atoms with E-state index in [0.29, 0.717) is 0 Å². The first-order valence-corrected chi connectivity index (χ1v) is 5.25. The first kappa shape index (κ1) is 12.4. The Morgan fingerprint density at radius 3 is 2.69 bits per heavy atom. The van der Waals surface area contributed by atoms with E-state index in [1.54, 1.807) is 0 Å². The highest BCUT2D eigenvalue weighted by atomic mass is 32.1. The molecule has 4 heteroatoms. The molecule has 0 aromatic heterocycles. The highest BCUT2D eigenvalue weighted by Gasteiger charge is 1.86. The first-order chi connectivity index (χ1) is 6.27. The summed E-state index contributed by atoms with van der Waals surface area (Å²) in [5.41, 5.74) is 7.71. The smallest absolute Gasteiger partial charge is 0.184 e. The summed E-state index contributed by atoms with van der Waals surface area (Å²) >= 11 is 4.58. The lowest BCUT2D eigenvalue weighted by Gasteiger charge is -1.96. The molecule has 0 amide bonds. The van der Waals surface area contributed by atoms with E-state index in [0.717, 1.165) is 6.42 Å². The summed E-state index contributed by atoms with van der Waals surface area (Å²) in [6.07, 6.45) is 9.26. The van der Waals surface area contributed by atoms with Crippen molar-refractivity contribution in [2.24, 2.45) is 10.8 Å². The Labute approximate surface area is 85.8 Å². The van der Waals surface area contributed by atoms with Crippen molar-refractivity contribution in [1.82, 2.24) is 5.43 Å². The Hall–Kier alpha value is -0.640. The van der Waals surface area contributed by atoms with Crippen LogP contribution in [-0.4, -0.2) is 11.3 Å². The molecule has 0 unspecified atom stereocenters. The number of nitrogens with two attached hydrogens (primary N) is 1. The Morgan fingerprint density at radius 1 is 1.38 bits per heavy atom. The normalized spacial score (nSPS) is 10.5. The van der Waals surface area contributed by atoms with E-state index < -0.39 is 0 Å². The fourth-order valence-electron chi connectivity index (χ4n) is 1.01. The summed E-state index contributed by atoms with van der Waals surface area (Å²) in [6.45, 7) is 2.22. The quantitative estimate of drug-likeness (QED) is 0.287. The van der Waals surface area contributed by atoms with Gasteiger partial charge in [-0.3, -0.25) is 5.43 Å². The molecule has 0 fully saturated rings. The molecule has 0 aliphatic carbocycles. The lowest BCUT2D eigenvalue weighted by molar-refractivity contribution is 0.644. The molecule has 3 N–H and O–H groups in total. The molecule has 0 spiro atoms. The maximum atomic E-state index is 5.18. The molecule has 0 radical (unpaired) electrons. The highest BCUT2D eigenvalue weighted by molar-refractivity contribution is 7.80. The Kier molecular flexibility index (Phi) is 8.98. The molecule has 0 heterocycles. The van der Waals surface area contributed by atoms with Crippen molar-refractivity contribution in [2.75, 3.05) is 0 Å². The number of nitrogens with one attached hydrogen (secondary N) is 1. The van der Waals surface area contributed by atoms with Gasteiger partial charge in [0.25, 0.3) is 0 Å². The van der Waals surface area contributed by atoms with Crippen LogP contribution in [0.5, 0.6) is 0 Å². The third-order valence-corrected chi connectivity index (χ3v) is 1.79. The summed E-state index contributed by atoms with van der Waals surface area (Å²) < 4.78 is 0. The van der Waals surface area contributed by atoms with E-state index in [1.165, 1.54) is 32.1 Å². The van der Waals surface area contributed by atoms with E-state index in [2.05, 4.69) is 29.7 Å². The van der Waals surface area contributed by atoms with Crippen LogP contribution < -0.4 is 11.2 Å². The number of unbranched alkanes of at least 4 members (excludes halogenated alkanes) is 5. The number of rotatable bonds is 7. The molecule has 0 rings (SSSR count). The number of hydrogen-bond acceptors (Lipinski definition) is 2. The second kappa shape index (κ2) is 9.45. The maximum Gasteiger partial charge on any atom is 0.184 e. The van der Waals surface area contributed by atoms with Gasteiger partial charge in [-0.15, -0.1) is 0 Å². The van der Waals surface area contributed by atoms with Gasteiger partial charge in [0.05, 0.1) is 0 Å². The minimum Gasteiger partial charge on any atom is -0.375 e. The largest absolute Gasteiger partial charge is 0.375 e. The van der Waals surface area contributed by atoms with Crippen molar-refractivity contribution in [3.63, 3.8) is 0 Å². The van der Waals surface area contributed by atoms with Gasteiger partial charge in [-0.2, -0.15) is 5.10 Å². The van der Waals surface area contributed by atoms with Gasteiger partial charge in [-0.05, 0) is 25.1 Å². The zero-order valence-corrected chi connectivity index (χ0v) is 9.07. The van der Waals surface area contributed by atoms with Crippen LogP contribution in [0, 0.1) is 0 Å². The van der Waals surface area contributed by atoms with Gasteiger partial charge in [-0.25, -0.2) is 0 Å². The summed E-state index contributed by atoms with van der Waals surface area (Å²) in [7, 11) is 0. The van der Waals surface area contributed by atoms with E-state index in [9.17, 15) is 0 Å². The second-order valence-corrected chi connectivity index (χ2v) is 3.43. The van der Waals surface area contributed by atoms with Crippen LogP contribution in [0.2, 0.25) is 0 Å². The van der Waals surface area contributed by atoms with Gasteiger partial charge in [0.2, 0.25) is 0 Å². The van der Waals surface area contributed by atoms with Crippen molar-refractivity contribution < 1.29 is 0 Å². The molecule has 3 nitrogen and oxygen atoms in total. The Bertz CT molecular complexity index is 157. The van der Waals surface area contributed by atoms with E-state index in [4.69, 9.17) is 5.73 Å². The number of hydrogen-bond donors (Lipinski definition) is 2. The summed E-state index contributed by atoms with van der Waals surface area (Å²) in [4.78, 5) is 0. The zero-order valence-electron chi connectivity index (χ0n) is 8.25. The SMILES string of the molecule is CCCCCCC/C=N\NC(N)=S. The van der Waals surface area contributed by atoms with Crippen molar-refractivity contribution >= 4 is 23.5 Å². The second-order valence-electron chi connectivity index (χ2n) is 2.99. The van der Waals surface area contributed by atoms with Gasteiger partial charge in [0, 0.05) is 6.21 Å². The van der Waals surface area contributed by atoms with Gasteiger partial charge in [0.15, 0.2) is 5.11 Å². The lowest BCUT2D eigenvalue weighted by Crippen LogP contribution is -2.23. The number of thiocarbonyl (C=S) groups is 1. The Balaban J connectivity index is 3.06. The molecule has 0 bridgehead atoms. The molecule has 0 aromatic carbocycles. The molecule has 13 heavy (non-hydrogen) atoms.